The molecule has 1 unspecified atom stereocenters. The Bertz CT molecular complexity index is 702. The van der Waals surface area contributed by atoms with E-state index < -0.39 is 5.97 Å². The fraction of sp³-hybridized carbons (Fsp3) is 0.556. The number of carboxylic acids is 1. The normalized spacial score (nSPS) is 17.5. The summed E-state index contributed by atoms with van der Waals surface area (Å²) in [5.74, 6) is -1.07. The minimum Gasteiger partial charge on any atom is -0.550 e. The quantitative estimate of drug-likeness (QED) is 0.862. The van der Waals surface area contributed by atoms with Gasteiger partial charge in [0.1, 0.15) is 17.9 Å². The van der Waals surface area contributed by atoms with Crippen LogP contribution in [-0.2, 0) is 17.8 Å². The van der Waals surface area contributed by atoms with Crippen LogP contribution < -0.4 is 10.0 Å². The van der Waals surface area contributed by atoms with Crippen molar-refractivity contribution in [1.82, 2.24) is 9.38 Å². The topological polar surface area (TPSA) is 61.9 Å². The molecule has 124 valence electrons. The van der Waals surface area contributed by atoms with E-state index in [-0.39, 0.29) is 6.42 Å². The third kappa shape index (κ3) is 3.55. The predicted octanol–water partition coefficient (Wildman–Crippen LogP) is 0.283. The second-order valence-electron chi connectivity index (χ2n) is 6.85. The number of nitrogens with one attached hydrogen (secondary N) is 1. The fourth-order valence-corrected chi connectivity index (χ4v) is 3.72. The molecule has 5 heteroatoms. The molecule has 2 aromatic heterocycles. The van der Waals surface area contributed by atoms with Crippen molar-refractivity contribution in [3.05, 3.63) is 35.3 Å². The Morgan fingerprint density at radius 2 is 2.09 bits per heavy atom. The second-order valence-corrected chi connectivity index (χ2v) is 6.85. The highest BCUT2D eigenvalue weighted by Crippen LogP contribution is 2.17. The van der Waals surface area contributed by atoms with Crippen molar-refractivity contribution >= 4 is 11.6 Å². The van der Waals surface area contributed by atoms with E-state index in [1.165, 1.54) is 37.0 Å². The number of aryl methyl sites for hydroxylation is 1. The van der Waals surface area contributed by atoms with E-state index in [0.29, 0.717) is 11.7 Å². The number of aliphatic carboxylic acids is 1. The summed E-state index contributed by atoms with van der Waals surface area (Å²) < 4.78 is 2.06. The van der Waals surface area contributed by atoms with E-state index >= 15 is 0 Å². The third-order valence-electron chi connectivity index (χ3n) is 5.01. The van der Waals surface area contributed by atoms with Crippen LogP contribution in [-0.4, -0.2) is 28.4 Å². The molecule has 1 saturated carbocycles. The summed E-state index contributed by atoms with van der Waals surface area (Å²) in [6.45, 7) is 2.84. The van der Waals surface area contributed by atoms with E-state index in [4.69, 9.17) is 0 Å². The number of carbonyl (C=O) groups excluding carboxylic acids is 1. The zero-order valence-electron chi connectivity index (χ0n) is 14.0. The van der Waals surface area contributed by atoms with Crippen molar-refractivity contribution in [1.29, 1.82) is 0 Å². The summed E-state index contributed by atoms with van der Waals surface area (Å²) in [4.78, 5) is 17.1. The first-order valence-electron chi connectivity index (χ1n) is 8.53. The number of fused-ring (bicyclic) bond motifs is 1. The molecule has 0 aromatic carbocycles. The molecule has 2 aromatic rings. The summed E-state index contributed by atoms with van der Waals surface area (Å²) in [6, 6.07) is 4.62. The minimum atomic E-state index is -1.07. The molecule has 1 fully saturated rings. The highest BCUT2D eigenvalue weighted by Gasteiger charge is 2.24. The number of carbonyl (C=O) groups is 1. The molecule has 3 rings (SSSR count). The molecule has 0 aliphatic heterocycles. The highest BCUT2D eigenvalue weighted by atomic mass is 16.4. The first-order valence-corrected chi connectivity index (χ1v) is 8.53. The van der Waals surface area contributed by atoms with Gasteiger partial charge in [-0.05, 0) is 44.2 Å². The zero-order chi connectivity index (χ0) is 16.4. The predicted molar refractivity (Wildman–Crippen MR) is 86.1 cm³/mol. The van der Waals surface area contributed by atoms with Gasteiger partial charge in [-0.15, -0.1) is 0 Å². The van der Waals surface area contributed by atoms with Gasteiger partial charge in [-0.3, -0.25) is 4.40 Å². The van der Waals surface area contributed by atoms with Crippen molar-refractivity contribution in [3.8, 4) is 0 Å². The molecule has 1 N–H and O–H groups in total. The van der Waals surface area contributed by atoms with Crippen molar-refractivity contribution in [2.45, 2.75) is 58.0 Å². The maximum Gasteiger partial charge on any atom is 0.137 e. The van der Waals surface area contributed by atoms with Gasteiger partial charge in [0, 0.05) is 18.6 Å². The number of nitrogens with zero attached hydrogens (tertiary/aromatic N) is 2. The van der Waals surface area contributed by atoms with Crippen LogP contribution in [0.15, 0.2) is 18.3 Å². The molecule has 0 saturated heterocycles. The third-order valence-corrected chi connectivity index (χ3v) is 5.01. The summed E-state index contributed by atoms with van der Waals surface area (Å²) in [5.41, 5.74) is 3.62. The van der Waals surface area contributed by atoms with Crippen LogP contribution in [0.3, 0.4) is 0 Å². The first kappa shape index (κ1) is 16.0. The molecular formula is C18H25N3O2. The smallest absolute Gasteiger partial charge is 0.137 e. The van der Waals surface area contributed by atoms with E-state index in [2.05, 4.69) is 16.4 Å². The van der Waals surface area contributed by atoms with Gasteiger partial charge in [0.25, 0.3) is 0 Å². The Kier molecular flexibility index (Phi) is 4.66. The molecule has 1 aliphatic carbocycles. The lowest BCUT2D eigenvalue weighted by Gasteiger charge is -2.28. The molecule has 0 amide bonds. The van der Waals surface area contributed by atoms with E-state index in [0.717, 1.165) is 23.4 Å². The van der Waals surface area contributed by atoms with Gasteiger partial charge in [-0.1, -0.05) is 12.5 Å². The molecular weight excluding hydrogens is 290 g/mol. The summed E-state index contributed by atoms with van der Waals surface area (Å²) in [5, 5.41) is 11.1. The molecule has 0 spiro atoms. The number of hydrogen-bond acceptors (Lipinski definition) is 3. The van der Waals surface area contributed by atoms with Gasteiger partial charge in [-0.25, -0.2) is 4.98 Å². The number of imidazole rings is 1. The molecule has 1 aliphatic rings. The molecule has 2 heterocycles. The number of quaternary nitrogens is 1. The van der Waals surface area contributed by atoms with Crippen LogP contribution in [0.5, 0.6) is 0 Å². The standard InChI is InChI=1S/C18H25N3O2/c1-13-8-9-17-19-15(10-18(22)23)16(21(17)11-13)12-20(2)14-6-4-3-5-7-14/h8-9,11,14H,3-7,10,12H2,1-2H3,(H,22,23). The van der Waals surface area contributed by atoms with Gasteiger partial charge < -0.3 is 14.8 Å². The Labute approximate surface area is 136 Å². The van der Waals surface area contributed by atoms with Crippen molar-refractivity contribution in [2.24, 2.45) is 0 Å². The Balaban J connectivity index is 1.92. The molecule has 0 radical (unpaired) electrons. The lowest BCUT2D eigenvalue weighted by Crippen LogP contribution is -3.11. The SMILES string of the molecule is Cc1ccc2nc(CC(=O)[O-])c(C[NH+](C)C3CCCCC3)n2c1. The van der Waals surface area contributed by atoms with Crippen LogP contribution >= 0.6 is 0 Å². The van der Waals surface area contributed by atoms with Crippen LogP contribution in [0.25, 0.3) is 5.65 Å². The van der Waals surface area contributed by atoms with Crippen LogP contribution in [0.4, 0.5) is 0 Å². The first-order chi connectivity index (χ1) is 11.0. The lowest BCUT2D eigenvalue weighted by molar-refractivity contribution is -0.921. The molecule has 1 atom stereocenters. The molecule has 23 heavy (non-hydrogen) atoms. The average Bonchev–Trinajstić information content (AvgIpc) is 2.84. The number of pyridine rings is 1. The Morgan fingerprint density at radius 3 is 2.78 bits per heavy atom. The van der Waals surface area contributed by atoms with Crippen LogP contribution in [0.1, 0.15) is 49.1 Å². The molecule has 0 bridgehead atoms. The Morgan fingerprint density at radius 1 is 1.35 bits per heavy atom. The van der Waals surface area contributed by atoms with E-state index in [9.17, 15) is 9.90 Å². The number of carboxylic acid groups (broad SMARTS) is 1. The second kappa shape index (κ2) is 6.71. The zero-order valence-corrected chi connectivity index (χ0v) is 14.0. The van der Waals surface area contributed by atoms with Crippen molar-refractivity contribution < 1.29 is 14.8 Å². The Hall–Kier alpha value is -1.88. The molecule has 5 nitrogen and oxygen atoms in total. The van der Waals surface area contributed by atoms with E-state index in [1.807, 2.05) is 25.3 Å². The van der Waals surface area contributed by atoms with Crippen molar-refractivity contribution in [2.75, 3.05) is 7.05 Å². The summed E-state index contributed by atoms with van der Waals surface area (Å²) in [7, 11) is 2.22. The van der Waals surface area contributed by atoms with Crippen LogP contribution in [0, 0.1) is 6.92 Å². The van der Waals surface area contributed by atoms with Crippen LogP contribution in [0.2, 0.25) is 0 Å². The summed E-state index contributed by atoms with van der Waals surface area (Å²) in [6.07, 6.45) is 8.41. The van der Waals surface area contributed by atoms with Gasteiger partial charge in [0.2, 0.25) is 0 Å². The fourth-order valence-electron chi connectivity index (χ4n) is 3.72. The summed E-state index contributed by atoms with van der Waals surface area (Å²) >= 11 is 0. The van der Waals surface area contributed by atoms with Gasteiger partial charge >= 0.3 is 0 Å². The van der Waals surface area contributed by atoms with Gasteiger partial charge in [-0.2, -0.15) is 0 Å². The number of aromatic nitrogens is 2. The number of rotatable bonds is 5. The van der Waals surface area contributed by atoms with Gasteiger partial charge in [0.05, 0.1) is 18.8 Å². The van der Waals surface area contributed by atoms with Crippen molar-refractivity contribution in [3.63, 3.8) is 0 Å². The lowest BCUT2D eigenvalue weighted by atomic mass is 9.94. The minimum absolute atomic E-state index is 0.117. The van der Waals surface area contributed by atoms with Gasteiger partial charge in [0.15, 0.2) is 0 Å². The van der Waals surface area contributed by atoms with E-state index in [1.54, 1.807) is 0 Å². The average molecular weight is 315 g/mol. The largest absolute Gasteiger partial charge is 0.550 e. The highest BCUT2D eigenvalue weighted by molar-refractivity contribution is 5.68. The monoisotopic (exact) mass is 315 g/mol. The number of hydrogen-bond donors (Lipinski definition) is 1. The maximum atomic E-state index is 11.1. The maximum absolute atomic E-state index is 11.1.